The lowest BCUT2D eigenvalue weighted by Gasteiger charge is -2.27. The Bertz CT molecular complexity index is 394. The number of hydrogen-bond donors (Lipinski definition) is 2. The summed E-state index contributed by atoms with van der Waals surface area (Å²) in [5.41, 5.74) is 6.43. The van der Waals surface area contributed by atoms with Gasteiger partial charge in [0.15, 0.2) is 11.5 Å². The zero-order valence-electron chi connectivity index (χ0n) is 12.4. The van der Waals surface area contributed by atoms with Gasteiger partial charge in [-0.1, -0.05) is 0 Å². The van der Waals surface area contributed by atoms with Crippen LogP contribution in [0.3, 0.4) is 0 Å². The Hall–Kier alpha value is -1.62. The van der Waals surface area contributed by atoms with E-state index in [1.54, 1.807) is 21.3 Å². The van der Waals surface area contributed by atoms with Crippen molar-refractivity contribution in [3.63, 3.8) is 0 Å². The summed E-state index contributed by atoms with van der Waals surface area (Å²) < 4.78 is 15.9. The largest absolute Gasteiger partial charge is 0.493 e. The molecule has 0 heterocycles. The normalized spacial score (nSPS) is 11.1. The maximum Gasteiger partial charge on any atom is 0.203 e. The topological polar surface area (TPSA) is 65.7 Å². The third-order valence-corrected chi connectivity index (χ3v) is 2.92. The van der Waals surface area contributed by atoms with Crippen molar-refractivity contribution in [1.82, 2.24) is 0 Å². The molecule has 0 fully saturated rings. The van der Waals surface area contributed by atoms with Gasteiger partial charge in [0.05, 0.1) is 21.3 Å². The molecule has 1 aromatic carbocycles. The van der Waals surface area contributed by atoms with Gasteiger partial charge in [0.25, 0.3) is 0 Å². The third kappa shape index (κ3) is 3.92. The Morgan fingerprint density at radius 1 is 1.05 bits per heavy atom. The van der Waals surface area contributed by atoms with Crippen molar-refractivity contribution in [3.8, 4) is 17.2 Å². The fourth-order valence-corrected chi connectivity index (χ4v) is 1.97. The summed E-state index contributed by atoms with van der Waals surface area (Å²) in [6.45, 7) is 4.83. The van der Waals surface area contributed by atoms with Gasteiger partial charge in [0.1, 0.15) is 0 Å². The molecule has 0 bridgehead atoms. The van der Waals surface area contributed by atoms with Gasteiger partial charge >= 0.3 is 0 Å². The molecule has 0 atom stereocenters. The Kier molecular flexibility index (Phi) is 5.30. The molecule has 0 radical (unpaired) electrons. The van der Waals surface area contributed by atoms with Crippen LogP contribution in [0, 0.1) is 0 Å². The SMILES string of the molecule is COc1cc(NC(C)(C)CCN)cc(OC)c1OC. The van der Waals surface area contributed by atoms with Crippen LogP contribution in [0.2, 0.25) is 0 Å². The second-order valence-electron chi connectivity index (χ2n) is 4.96. The number of nitrogens with one attached hydrogen (secondary N) is 1. The highest BCUT2D eigenvalue weighted by Crippen LogP contribution is 2.40. The van der Waals surface area contributed by atoms with Crippen LogP contribution >= 0.6 is 0 Å². The number of nitrogens with two attached hydrogens (primary N) is 1. The highest BCUT2D eigenvalue weighted by atomic mass is 16.5. The van der Waals surface area contributed by atoms with Gasteiger partial charge in [0, 0.05) is 23.4 Å². The van der Waals surface area contributed by atoms with E-state index in [0.29, 0.717) is 23.8 Å². The van der Waals surface area contributed by atoms with E-state index in [-0.39, 0.29) is 5.54 Å². The lowest BCUT2D eigenvalue weighted by Crippen LogP contribution is -2.33. The lowest BCUT2D eigenvalue weighted by atomic mass is 10.0. The predicted molar refractivity (Wildman–Crippen MR) is 77.5 cm³/mol. The summed E-state index contributed by atoms with van der Waals surface area (Å²) in [5, 5.41) is 3.42. The van der Waals surface area contributed by atoms with Gasteiger partial charge in [-0.25, -0.2) is 0 Å². The first kappa shape index (κ1) is 15.4. The minimum Gasteiger partial charge on any atom is -0.493 e. The van der Waals surface area contributed by atoms with Crippen molar-refractivity contribution < 1.29 is 14.2 Å². The fourth-order valence-electron chi connectivity index (χ4n) is 1.97. The first-order chi connectivity index (χ1) is 8.97. The van der Waals surface area contributed by atoms with Crippen LogP contribution in [-0.2, 0) is 0 Å². The van der Waals surface area contributed by atoms with E-state index >= 15 is 0 Å². The second-order valence-corrected chi connectivity index (χ2v) is 4.96. The lowest BCUT2D eigenvalue weighted by molar-refractivity contribution is 0.324. The summed E-state index contributed by atoms with van der Waals surface area (Å²) in [4.78, 5) is 0. The van der Waals surface area contributed by atoms with Crippen molar-refractivity contribution >= 4 is 5.69 Å². The van der Waals surface area contributed by atoms with Crippen molar-refractivity contribution in [3.05, 3.63) is 12.1 Å². The summed E-state index contributed by atoms with van der Waals surface area (Å²) in [5.74, 6) is 1.85. The molecule has 1 aromatic rings. The van der Waals surface area contributed by atoms with E-state index in [0.717, 1.165) is 12.1 Å². The number of methoxy groups -OCH3 is 3. The molecular weight excluding hydrogens is 244 g/mol. The average molecular weight is 268 g/mol. The van der Waals surface area contributed by atoms with E-state index in [9.17, 15) is 0 Å². The molecule has 3 N–H and O–H groups in total. The third-order valence-electron chi connectivity index (χ3n) is 2.92. The molecule has 5 nitrogen and oxygen atoms in total. The van der Waals surface area contributed by atoms with Crippen molar-refractivity contribution in [2.45, 2.75) is 25.8 Å². The van der Waals surface area contributed by atoms with Crippen LogP contribution in [0.5, 0.6) is 17.2 Å². The minimum atomic E-state index is -0.0979. The average Bonchev–Trinajstić information content (AvgIpc) is 2.36. The van der Waals surface area contributed by atoms with E-state index in [1.807, 2.05) is 12.1 Å². The van der Waals surface area contributed by atoms with Crippen LogP contribution in [-0.4, -0.2) is 33.4 Å². The van der Waals surface area contributed by atoms with Gasteiger partial charge in [-0.3, -0.25) is 0 Å². The van der Waals surface area contributed by atoms with E-state index in [4.69, 9.17) is 19.9 Å². The first-order valence-corrected chi connectivity index (χ1v) is 6.25. The Morgan fingerprint density at radius 3 is 1.95 bits per heavy atom. The van der Waals surface area contributed by atoms with E-state index < -0.39 is 0 Å². The Labute approximate surface area is 115 Å². The highest BCUT2D eigenvalue weighted by molar-refractivity contribution is 5.63. The molecule has 0 spiro atoms. The van der Waals surface area contributed by atoms with Crippen LogP contribution in [0.15, 0.2) is 12.1 Å². The van der Waals surface area contributed by atoms with Crippen molar-refractivity contribution in [2.75, 3.05) is 33.2 Å². The molecule has 5 heteroatoms. The minimum absolute atomic E-state index is 0.0979. The molecule has 0 aliphatic rings. The molecule has 0 aliphatic carbocycles. The van der Waals surface area contributed by atoms with Gasteiger partial charge in [-0.05, 0) is 26.8 Å². The zero-order chi connectivity index (χ0) is 14.5. The molecule has 19 heavy (non-hydrogen) atoms. The molecule has 0 saturated carbocycles. The van der Waals surface area contributed by atoms with Gasteiger partial charge < -0.3 is 25.3 Å². The van der Waals surface area contributed by atoms with Crippen LogP contribution in [0.25, 0.3) is 0 Å². The Morgan fingerprint density at radius 2 is 1.58 bits per heavy atom. The van der Waals surface area contributed by atoms with E-state index in [2.05, 4.69) is 19.2 Å². The number of ether oxygens (including phenoxy) is 3. The molecular formula is C14H24N2O3. The number of hydrogen-bond acceptors (Lipinski definition) is 5. The van der Waals surface area contributed by atoms with Gasteiger partial charge in [-0.15, -0.1) is 0 Å². The first-order valence-electron chi connectivity index (χ1n) is 6.25. The van der Waals surface area contributed by atoms with Crippen molar-refractivity contribution in [2.24, 2.45) is 5.73 Å². The fraction of sp³-hybridized carbons (Fsp3) is 0.571. The van der Waals surface area contributed by atoms with Gasteiger partial charge in [0.2, 0.25) is 5.75 Å². The molecule has 0 amide bonds. The summed E-state index contributed by atoms with van der Waals surface area (Å²) >= 11 is 0. The molecule has 0 unspecified atom stereocenters. The second kappa shape index (κ2) is 6.52. The van der Waals surface area contributed by atoms with Crippen LogP contribution in [0.1, 0.15) is 20.3 Å². The molecule has 1 rings (SSSR count). The number of rotatable bonds is 7. The summed E-state index contributed by atoms with van der Waals surface area (Å²) in [6.07, 6.45) is 0.865. The highest BCUT2D eigenvalue weighted by Gasteiger charge is 2.19. The predicted octanol–water partition coefficient (Wildman–Crippen LogP) is 2.25. The van der Waals surface area contributed by atoms with Crippen LogP contribution in [0.4, 0.5) is 5.69 Å². The summed E-state index contributed by atoms with van der Waals surface area (Å²) in [7, 11) is 4.80. The standard InChI is InChI=1S/C14H24N2O3/c1-14(2,6-7-15)16-10-8-11(17-3)13(19-5)12(9-10)18-4/h8-9,16H,6-7,15H2,1-5H3. The van der Waals surface area contributed by atoms with E-state index in [1.165, 1.54) is 0 Å². The van der Waals surface area contributed by atoms with Gasteiger partial charge in [-0.2, -0.15) is 0 Å². The maximum atomic E-state index is 5.62. The molecule has 108 valence electrons. The zero-order valence-corrected chi connectivity index (χ0v) is 12.4. The quantitative estimate of drug-likeness (QED) is 0.794. The molecule has 0 aromatic heterocycles. The number of benzene rings is 1. The Balaban J connectivity index is 3.09. The van der Waals surface area contributed by atoms with Crippen LogP contribution < -0.4 is 25.3 Å². The monoisotopic (exact) mass is 268 g/mol. The smallest absolute Gasteiger partial charge is 0.203 e. The molecule has 0 aliphatic heterocycles. The maximum absolute atomic E-state index is 5.62. The molecule has 0 saturated heterocycles. The van der Waals surface area contributed by atoms with Crippen molar-refractivity contribution in [1.29, 1.82) is 0 Å². The summed E-state index contributed by atoms with van der Waals surface area (Å²) in [6, 6.07) is 3.78. The number of anilines is 1.